The van der Waals surface area contributed by atoms with Crippen molar-refractivity contribution in [2.24, 2.45) is 10.8 Å². The second-order valence-electron chi connectivity index (χ2n) is 26.7. The molecule has 2 aliphatic carbocycles. The van der Waals surface area contributed by atoms with E-state index in [-0.39, 0.29) is 32.5 Å². The predicted molar refractivity (Wildman–Crippen MR) is 277 cm³/mol. The van der Waals surface area contributed by atoms with Crippen LogP contribution >= 0.6 is 0 Å². The Hall–Kier alpha value is -2.54. The molecule has 2 atom stereocenters. The van der Waals surface area contributed by atoms with Crippen molar-refractivity contribution in [1.82, 2.24) is 0 Å². The van der Waals surface area contributed by atoms with Crippen molar-refractivity contribution in [2.45, 2.75) is 193 Å². The van der Waals surface area contributed by atoms with Crippen LogP contribution in [0.5, 0.6) is 0 Å². The molecule has 0 amide bonds. The van der Waals surface area contributed by atoms with E-state index in [0.29, 0.717) is 7.25 Å². The number of fused-ring (bicyclic) bond motifs is 2. The van der Waals surface area contributed by atoms with Gasteiger partial charge in [-0.25, -0.2) is 0 Å². The molecule has 0 bridgehead atoms. The van der Waals surface area contributed by atoms with Crippen LogP contribution in [0.4, 0.5) is 0 Å². The average molecular weight is 926 g/mol. The number of hydrogen-bond donors (Lipinski definition) is 0. The van der Waals surface area contributed by atoms with Gasteiger partial charge in [0.25, 0.3) is 0 Å². The molecule has 2 heteroatoms. The molecule has 2 aliphatic rings. The summed E-state index contributed by atoms with van der Waals surface area (Å²) < 4.78 is 1.16. The first-order valence-corrected chi connectivity index (χ1v) is 34.0. The van der Waals surface area contributed by atoms with Crippen molar-refractivity contribution in [3.63, 3.8) is 0 Å². The Balaban J connectivity index is 1.61. The van der Waals surface area contributed by atoms with Gasteiger partial charge in [-0.2, -0.15) is 0 Å². The zero-order valence-electron chi connectivity index (χ0n) is 43.6. The maximum atomic E-state index is 2.73. The molecule has 62 heavy (non-hydrogen) atoms. The molecular formula is C60H85SiZr. The molecule has 0 spiro atoms. The first-order valence-electron chi connectivity index (χ1n) is 24.0. The van der Waals surface area contributed by atoms with Crippen LogP contribution in [0.1, 0.15) is 201 Å². The average Bonchev–Trinajstić information content (AvgIpc) is 3.59. The van der Waals surface area contributed by atoms with Crippen molar-refractivity contribution in [3.05, 3.63) is 127 Å². The Bertz CT molecular complexity index is 2170. The zero-order valence-corrected chi connectivity index (χ0v) is 47.2. The maximum absolute atomic E-state index is 2.73. The van der Waals surface area contributed by atoms with Crippen molar-refractivity contribution >= 4 is 18.1 Å². The topological polar surface area (TPSA) is 0 Å². The SMILES string of the molecule is CC1=Cc2c(-c3cc(C(C)(C)C)cc(C(C)(C)C)c3)cc(CC(C)(C)C)cc2[CH]1[Zr]([CH]1C(C)=Cc2c(-c3cc(C(C)(C)C)cc(C(C)(C)C)c3)cc(CC(C)(C)C)cc21)[SiH](C)C. The standard InChI is InChI=1S/2C29H39.C2H7Si.Zr/c2*1-19-11-21-13-20(18-27(2,3)4)14-26(25(21)12-19)22-15-23(28(5,6)7)17-24(16-22)29(8,9)10;1-3-2;/h2*11-17H,18H2,1-10H3;3H,1-2H3;. The molecule has 0 radical (unpaired) electrons. The van der Waals surface area contributed by atoms with E-state index in [1.165, 1.54) is 66.8 Å². The Labute approximate surface area is 390 Å². The summed E-state index contributed by atoms with van der Waals surface area (Å²) in [6.45, 7) is 53.5. The van der Waals surface area contributed by atoms with Crippen LogP contribution in [0, 0.1) is 10.8 Å². The quantitative estimate of drug-likeness (QED) is 0.162. The molecule has 0 aliphatic heterocycles. The van der Waals surface area contributed by atoms with Gasteiger partial charge in [0.1, 0.15) is 0 Å². The minimum absolute atomic E-state index is 0.0629. The van der Waals surface area contributed by atoms with Crippen molar-refractivity contribution in [2.75, 3.05) is 0 Å². The summed E-state index contributed by atoms with van der Waals surface area (Å²) in [6, 6.07) is 25.7. The molecule has 0 heterocycles. The Morgan fingerprint density at radius 3 is 0.952 bits per heavy atom. The fourth-order valence-corrected chi connectivity index (χ4v) is 33.5. The van der Waals surface area contributed by atoms with E-state index in [4.69, 9.17) is 0 Å². The fourth-order valence-electron chi connectivity index (χ4n) is 10.3. The van der Waals surface area contributed by atoms with Crippen LogP contribution in [0.2, 0.25) is 13.1 Å². The van der Waals surface area contributed by atoms with Gasteiger partial charge in [0, 0.05) is 0 Å². The summed E-state index contributed by atoms with van der Waals surface area (Å²) in [5.41, 5.74) is 24.7. The van der Waals surface area contributed by atoms with E-state index in [2.05, 4.69) is 224 Å². The number of benzene rings is 4. The van der Waals surface area contributed by atoms with Gasteiger partial charge in [-0.05, 0) is 0 Å². The molecule has 6 rings (SSSR count). The van der Waals surface area contributed by atoms with Gasteiger partial charge in [0.2, 0.25) is 0 Å². The van der Waals surface area contributed by atoms with Gasteiger partial charge in [0.05, 0.1) is 0 Å². The molecule has 2 unspecified atom stereocenters. The molecule has 0 N–H and O–H groups in total. The van der Waals surface area contributed by atoms with Gasteiger partial charge >= 0.3 is 393 Å². The summed E-state index contributed by atoms with van der Waals surface area (Å²) in [5, 5.41) is 0. The van der Waals surface area contributed by atoms with E-state index in [1.807, 2.05) is 0 Å². The van der Waals surface area contributed by atoms with Crippen molar-refractivity contribution in [1.29, 1.82) is 0 Å². The van der Waals surface area contributed by atoms with E-state index in [9.17, 15) is 0 Å². The molecule has 0 nitrogen and oxygen atoms in total. The van der Waals surface area contributed by atoms with Crippen LogP contribution in [0.15, 0.2) is 71.8 Å². The Morgan fingerprint density at radius 1 is 0.419 bits per heavy atom. The van der Waals surface area contributed by atoms with Crippen LogP contribution in [-0.4, -0.2) is 5.92 Å². The number of allylic oxidation sites excluding steroid dienone is 2. The predicted octanol–water partition coefficient (Wildman–Crippen LogP) is 17.6. The van der Waals surface area contributed by atoms with Crippen LogP contribution in [-0.2, 0) is 55.4 Å². The van der Waals surface area contributed by atoms with Crippen LogP contribution in [0.3, 0.4) is 0 Å². The third-order valence-corrected chi connectivity index (χ3v) is 35.7. The summed E-state index contributed by atoms with van der Waals surface area (Å²) in [4.78, 5) is 0. The molecule has 333 valence electrons. The van der Waals surface area contributed by atoms with Crippen LogP contribution in [0.25, 0.3) is 34.4 Å². The van der Waals surface area contributed by atoms with Gasteiger partial charge in [-0.15, -0.1) is 0 Å². The van der Waals surface area contributed by atoms with Gasteiger partial charge < -0.3 is 0 Å². The minimum atomic E-state index is -2.38. The number of rotatable bonds is 7. The second-order valence-corrected chi connectivity index (χ2v) is 46.7. The summed E-state index contributed by atoms with van der Waals surface area (Å²) >= 11 is -2.38. The first kappa shape index (κ1) is 48.9. The third kappa shape index (κ3) is 10.6. The second kappa shape index (κ2) is 16.7. The molecule has 4 aromatic rings. The number of hydrogen-bond acceptors (Lipinski definition) is 0. The van der Waals surface area contributed by atoms with E-state index in [1.54, 1.807) is 22.3 Å². The molecular weight excluding hydrogens is 840 g/mol. The summed E-state index contributed by atoms with van der Waals surface area (Å²) in [5.74, 6) is -1.09. The summed E-state index contributed by atoms with van der Waals surface area (Å²) in [7, 11) is 0. The van der Waals surface area contributed by atoms with Gasteiger partial charge in [0.15, 0.2) is 0 Å². The molecule has 0 fully saturated rings. The normalized spacial score (nSPS) is 17.3. The Morgan fingerprint density at radius 2 is 0.710 bits per heavy atom. The molecule has 0 aromatic heterocycles. The van der Waals surface area contributed by atoms with Crippen molar-refractivity contribution in [3.8, 4) is 22.3 Å². The van der Waals surface area contributed by atoms with Gasteiger partial charge in [-0.3, -0.25) is 0 Å². The van der Waals surface area contributed by atoms with E-state index in [0.717, 1.165) is 12.8 Å². The summed E-state index contributed by atoms with van der Waals surface area (Å²) in [6.07, 6.45) is 7.49. The molecule has 0 saturated heterocycles. The zero-order chi connectivity index (χ0) is 46.4. The first-order chi connectivity index (χ1) is 28.1. The third-order valence-electron chi connectivity index (χ3n) is 13.6. The monoisotopic (exact) mass is 924 g/mol. The fraction of sp³-hybridized carbons (Fsp3) is 0.533. The van der Waals surface area contributed by atoms with Crippen molar-refractivity contribution < 1.29 is 20.9 Å². The molecule has 4 aromatic carbocycles. The van der Waals surface area contributed by atoms with E-state index >= 15 is 0 Å². The van der Waals surface area contributed by atoms with E-state index < -0.39 is 26.8 Å². The van der Waals surface area contributed by atoms with Gasteiger partial charge in [-0.1, -0.05) is 0 Å². The molecule has 0 saturated carbocycles. The Kier molecular flexibility index (Phi) is 13.2. The van der Waals surface area contributed by atoms with Crippen LogP contribution < -0.4 is 0 Å².